The van der Waals surface area contributed by atoms with Crippen LogP contribution >= 0.6 is 23.2 Å². The summed E-state index contributed by atoms with van der Waals surface area (Å²) in [5, 5.41) is 3.45. The molecular weight excluding hydrogens is 351 g/mol. The Morgan fingerprint density at radius 3 is 2.33 bits per heavy atom. The molecule has 0 fully saturated rings. The van der Waals surface area contributed by atoms with Gasteiger partial charge in [0.05, 0.1) is 16.7 Å². The molecule has 0 atom stereocenters. The summed E-state index contributed by atoms with van der Waals surface area (Å²) in [4.78, 5) is 25.2. The molecule has 2 aromatic carbocycles. The monoisotopic (exact) mass is 366 g/mol. The summed E-state index contributed by atoms with van der Waals surface area (Å²) in [7, 11) is 1.61. The topological polar surface area (TPSA) is 58.6 Å². The SMILES string of the molecule is CCOC(=O)N(C)c1ccc(NC(=O)c2ccc(Cl)c(Cl)c2)cc1. The van der Waals surface area contributed by atoms with Crippen molar-refractivity contribution in [2.24, 2.45) is 0 Å². The van der Waals surface area contributed by atoms with Crippen LogP contribution in [0.4, 0.5) is 16.2 Å². The molecule has 5 nitrogen and oxygen atoms in total. The maximum absolute atomic E-state index is 12.2. The van der Waals surface area contributed by atoms with Crippen LogP contribution in [-0.4, -0.2) is 25.7 Å². The molecule has 1 N–H and O–H groups in total. The zero-order valence-corrected chi connectivity index (χ0v) is 14.7. The first-order chi connectivity index (χ1) is 11.4. The normalized spacial score (nSPS) is 10.2. The van der Waals surface area contributed by atoms with Crippen LogP contribution in [0.25, 0.3) is 0 Å². The van der Waals surface area contributed by atoms with Gasteiger partial charge in [0.1, 0.15) is 0 Å². The summed E-state index contributed by atoms with van der Waals surface area (Å²) in [5.41, 5.74) is 1.64. The Morgan fingerprint density at radius 1 is 1.08 bits per heavy atom. The van der Waals surface area contributed by atoms with Crippen molar-refractivity contribution in [3.05, 3.63) is 58.1 Å². The van der Waals surface area contributed by atoms with E-state index in [9.17, 15) is 9.59 Å². The van der Waals surface area contributed by atoms with Crippen LogP contribution in [0.2, 0.25) is 10.0 Å². The average Bonchev–Trinajstić information content (AvgIpc) is 2.57. The van der Waals surface area contributed by atoms with Gasteiger partial charge < -0.3 is 10.1 Å². The summed E-state index contributed by atoms with van der Waals surface area (Å²) < 4.78 is 4.93. The van der Waals surface area contributed by atoms with Gasteiger partial charge in [0, 0.05) is 24.0 Å². The van der Waals surface area contributed by atoms with Crippen LogP contribution in [0.1, 0.15) is 17.3 Å². The second-order valence-electron chi connectivity index (χ2n) is 4.89. The van der Waals surface area contributed by atoms with Gasteiger partial charge in [0.2, 0.25) is 0 Å². The highest BCUT2D eigenvalue weighted by Crippen LogP contribution is 2.23. The van der Waals surface area contributed by atoms with Crippen molar-refractivity contribution in [3.63, 3.8) is 0 Å². The van der Waals surface area contributed by atoms with Crippen LogP contribution in [0.5, 0.6) is 0 Å². The molecule has 0 saturated carbocycles. The Bertz CT molecular complexity index is 748. The molecule has 2 aromatic rings. The summed E-state index contributed by atoms with van der Waals surface area (Å²) in [6.07, 6.45) is -0.440. The molecular formula is C17H16Cl2N2O3. The molecule has 126 valence electrons. The average molecular weight is 367 g/mol. The minimum Gasteiger partial charge on any atom is -0.449 e. The van der Waals surface area contributed by atoms with Crippen molar-refractivity contribution in [3.8, 4) is 0 Å². The van der Waals surface area contributed by atoms with E-state index >= 15 is 0 Å². The number of rotatable bonds is 4. The van der Waals surface area contributed by atoms with Crippen molar-refractivity contribution in [1.29, 1.82) is 0 Å². The Morgan fingerprint density at radius 2 is 1.75 bits per heavy atom. The van der Waals surface area contributed by atoms with Gasteiger partial charge in [-0.25, -0.2) is 4.79 Å². The lowest BCUT2D eigenvalue weighted by molar-refractivity contribution is 0.102. The molecule has 0 bridgehead atoms. The third kappa shape index (κ3) is 4.40. The quantitative estimate of drug-likeness (QED) is 0.841. The van der Waals surface area contributed by atoms with Gasteiger partial charge in [-0.2, -0.15) is 0 Å². The van der Waals surface area contributed by atoms with Crippen LogP contribution in [0.15, 0.2) is 42.5 Å². The van der Waals surface area contributed by atoms with E-state index in [0.29, 0.717) is 33.6 Å². The molecule has 0 aliphatic rings. The van der Waals surface area contributed by atoms with E-state index < -0.39 is 6.09 Å². The number of amides is 2. The van der Waals surface area contributed by atoms with Crippen molar-refractivity contribution in [1.82, 2.24) is 0 Å². The lowest BCUT2D eigenvalue weighted by Gasteiger charge is -2.17. The second-order valence-corrected chi connectivity index (χ2v) is 5.70. The highest BCUT2D eigenvalue weighted by molar-refractivity contribution is 6.42. The lowest BCUT2D eigenvalue weighted by atomic mass is 10.2. The Labute approximate surface area is 150 Å². The molecule has 2 amide bonds. The summed E-state index contributed by atoms with van der Waals surface area (Å²) in [5.74, 6) is -0.305. The second kappa shape index (κ2) is 8.04. The highest BCUT2D eigenvalue weighted by atomic mass is 35.5. The number of nitrogens with one attached hydrogen (secondary N) is 1. The molecule has 0 aliphatic carbocycles. The molecule has 0 aromatic heterocycles. The number of hydrogen-bond acceptors (Lipinski definition) is 3. The van der Waals surface area contributed by atoms with Gasteiger partial charge in [-0.05, 0) is 49.4 Å². The Kier molecular flexibility index (Phi) is 6.06. The summed E-state index contributed by atoms with van der Waals surface area (Å²) in [6, 6.07) is 11.5. The van der Waals surface area contributed by atoms with E-state index in [2.05, 4.69) is 5.32 Å². The highest BCUT2D eigenvalue weighted by Gasteiger charge is 2.12. The van der Waals surface area contributed by atoms with E-state index in [1.54, 1.807) is 50.4 Å². The number of ether oxygens (including phenoxy) is 1. The first-order valence-electron chi connectivity index (χ1n) is 7.19. The number of nitrogens with zero attached hydrogens (tertiary/aromatic N) is 1. The number of anilines is 2. The fourth-order valence-corrected chi connectivity index (χ4v) is 2.23. The van der Waals surface area contributed by atoms with Crippen LogP contribution in [0, 0.1) is 0 Å². The number of halogens is 2. The largest absolute Gasteiger partial charge is 0.449 e. The Hall–Kier alpha value is -2.24. The third-order valence-corrected chi connectivity index (χ3v) is 3.97. The number of carbonyl (C=O) groups is 2. The fourth-order valence-electron chi connectivity index (χ4n) is 1.93. The predicted octanol–water partition coefficient (Wildman–Crippen LogP) is 4.84. The maximum atomic E-state index is 12.2. The van der Waals surface area contributed by atoms with Gasteiger partial charge in [0.15, 0.2) is 0 Å². The molecule has 0 saturated heterocycles. The molecule has 2 rings (SSSR count). The van der Waals surface area contributed by atoms with Crippen LogP contribution in [0.3, 0.4) is 0 Å². The minimum absolute atomic E-state index is 0.305. The standard InChI is InChI=1S/C17H16Cl2N2O3/c1-3-24-17(23)21(2)13-7-5-12(6-8-13)20-16(22)11-4-9-14(18)15(19)10-11/h4-10H,3H2,1-2H3,(H,20,22). The van der Waals surface area contributed by atoms with Gasteiger partial charge >= 0.3 is 6.09 Å². The number of hydrogen-bond donors (Lipinski definition) is 1. The summed E-state index contributed by atoms with van der Waals surface area (Å²) in [6.45, 7) is 2.05. The van der Waals surface area contributed by atoms with Gasteiger partial charge in [0.25, 0.3) is 5.91 Å². The van der Waals surface area contributed by atoms with Crippen molar-refractivity contribution in [2.75, 3.05) is 23.9 Å². The predicted molar refractivity (Wildman–Crippen MR) is 96.3 cm³/mol. The fraction of sp³-hybridized carbons (Fsp3) is 0.176. The zero-order chi connectivity index (χ0) is 17.7. The molecule has 0 aliphatic heterocycles. The van der Waals surface area contributed by atoms with Crippen LogP contribution in [-0.2, 0) is 4.74 Å². The van der Waals surface area contributed by atoms with Gasteiger partial charge in [-0.1, -0.05) is 23.2 Å². The lowest BCUT2D eigenvalue weighted by Crippen LogP contribution is -2.26. The first-order valence-corrected chi connectivity index (χ1v) is 7.95. The number of carbonyl (C=O) groups excluding carboxylic acids is 2. The van der Waals surface area contributed by atoms with Gasteiger partial charge in [-0.3, -0.25) is 9.69 Å². The maximum Gasteiger partial charge on any atom is 0.413 e. The van der Waals surface area contributed by atoms with Crippen molar-refractivity contribution in [2.45, 2.75) is 6.92 Å². The molecule has 24 heavy (non-hydrogen) atoms. The molecule has 7 heteroatoms. The van der Waals surface area contributed by atoms with Crippen molar-refractivity contribution < 1.29 is 14.3 Å². The molecule has 0 unspecified atom stereocenters. The molecule has 0 spiro atoms. The third-order valence-electron chi connectivity index (χ3n) is 3.24. The van der Waals surface area contributed by atoms with Gasteiger partial charge in [-0.15, -0.1) is 0 Å². The zero-order valence-electron chi connectivity index (χ0n) is 13.2. The van der Waals surface area contributed by atoms with E-state index in [-0.39, 0.29) is 5.91 Å². The minimum atomic E-state index is -0.440. The van der Waals surface area contributed by atoms with Crippen molar-refractivity contribution >= 4 is 46.6 Å². The van der Waals surface area contributed by atoms with Crippen LogP contribution < -0.4 is 10.2 Å². The first kappa shape index (κ1) is 18.1. The number of benzene rings is 2. The molecule has 0 heterocycles. The van der Waals surface area contributed by atoms with E-state index in [1.807, 2.05) is 0 Å². The smallest absolute Gasteiger partial charge is 0.413 e. The summed E-state index contributed by atoms with van der Waals surface area (Å²) >= 11 is 11.7. The molecule has 0 radical (unpaired) electrons. The van der Waals surface area contributed by atoms with E-state index in [4.69, 9.17) is 27.9 Å². The van der Waals surface area contributed by atoms with E-state index in [1.165, 1.54) is 11.0 Å². The van der Waals surface area contributed by atoms with E-state index in [0.717, 1.165) is 0 Å². The Balaban J connectivity index is 2.07.